The Hall–Kier alpha value is -2.82. The number of nitrogens with zero attached hydrogens (tertiary/aromatic N) is 2. The third kappa shape index (κ3) is 1.91. The molecule has 3 N–H and O–H groups in total. The summed E-state index contributed by atoms with van der Waals surface area (Å²) in [5, 5.41) is 14.0. The molecule has 0 spiro atoms. The highest BCUT2D eigenvalue weighted by atomic mass is 16.4. The van der Waals surface area contributed by atoms with Crippen LogP contribution in [0.1, 0.15) is 10.4 Å². The lowest BCUT2D eigenvalue weighted by atomic mass is 10.1. The second kappa shape index (κ2) is 4.13. The predicted molar refractivity (Wildman–Crippen MR) is 72.4 cm³/mol. The largest absolute Gasteiger partial charge is 0.478 e. The van der Waals surface area contributed by atoms with Crippen molar-refractivity contribution >= 4 is 22.6 Å². The number of nitrogen functional groups attached to an aromatic ring is 1. The fourth-order valence-corrected chi connectivity index (χ4v) is 1.99. The molecule has 5 heteroatoms. The molecule has 0 bridgehead atoms. The molecule has 0 fully saturated rings. The van der Waals surface area contributed by atoms with Crippen LogP contribution in [0, 0.1) is 0 Å². The first kappa shape index (κ1) is 11.3. The Kier molecular flexibility index (Phi) is 2.45. The molecule has 0 radical (unpaired) electrons. The fourth-order valence-electron chi connectivity index (χ4n) is 1.99. The Bertz CT molecular complexity index is 760. The normalized spacial score (nSPS) is 10.7. The number of benzene rings is 2. The van der Waals surface area contributed by atoms with Crippen LogP contribution in [-0.2, 0) is 0 Å². The van der Waals surface area contributed by atoms with Crippen LogP contribution >= 0.6 is 0 Å². The van der Waals surface area contributed by atoms with Gasteiger partial charge in [-0.25, -0.2) is 9.48 Å². The summed E-state index contributed by atoms with van der Waals surface area (Å²) in [6.07, 6.45) is 1.65. The van der Waals surface area contributed by atoms with Gasteiger partial charge in [-0.15, -0.1) is 0 Å². The Labute approximate surface area is 108 Å². The lowest BCUT2D eigenvalue weighted by Crippen LogP contribution is -1.98. The highest BCUT2D eigenvalue weighted by molar-refractivity contribution is 5.93. The van der Waals surface area contributed by atoms with Crippen molar-refractivity contribution in [2.24, 2.45) is 0 Å². The monoisotopic (exact) mass is 253 g/mol. The number of hydrogen-bond acceptors (Lipinski definition) is 3. The molecule has 0 saturated heterocycles. The molecular weight excluding hydrogens is 242 g/mol. The van der Waals surface area contributed by atoms with Crippen LogP contribution in [-0.4, -0.2) is 20.9 Å². The highest BCUT2D eigenvalue weighted by Crippen LogP contribution is 2.20. The zero-order valence-corrected chi connectivity index (χ0v) is 9.95. The minimum Gasteiger partial charge on any atom is -0.478 e. The molecule has 0 aliphatic rings. The molecule has 2 aromatic carbocycles. The van der Waals surface area contributed by atoms with Crippen molar-refractivity contribution in [3.05, 3.63) is 54.2 Å². The van der Waals surface area contributed by atoms with Gasteiger partial charge in [0.25, 0.3) is 0 Å². The van der Waals surface area contributed by atoms with Crippen LogP contribution in [0.3, 0.4) is 0 Å². The number of nitrogens with two attached hydrogens (primary N) is 1. The zero-order chi connectivity index (χ0) is 13.4. The number of anilines is 1. The van der Waals surface area contributed by atoms with Gasteiger partial charge in [-0.1, -0.05) is 0 Å². The van der Waals surface area contributed by atoms with E-state index in [4.69, 9.17) is 10.8 Å². The quantitative estimate of drug-likeness (QED) is 0.687. The van der Waals surface area contributed by atoms with Gasteiger partial charge in [0.15, 0.2) is 0 Å². The molecule has 0 aliphatic heterocycles. The van der Waals surface area contributed by atoms with Gasteiger partial charge in [-0.3, -0.25) is 0 Å². The van der Waals surface area contributed by atoms with Crippen molar-refractivity contribution in [1.82, 2.24) is 9.78 Å². The van der Waals surface area contributed by atoms with Crippen molar-refractivity contribution in [3.8, 4) is 5.69 Å². The number of carboxylic acid groups (broad SMARTS) is 1. The van der Waals surface area contributed by atoms with Crippen molar-refractivity contribution in [1.29, 1.82) is 0 Å². The lowest BCUT2D eigenvalue weighted by Gasteiger charge is -2.04. The number of rotatable bonds is 2. The molecule has 0 amide bonds. The third-order valence-electron chi connectivity index (χ3n) is 2.95. The van der Waals surface area contributed by atoms with E-state index in [9.17, 15) is 4.79 Å². The summed E-state index contributed by atoms with van der Waals surface area (Å²) in [7, 11) is 0. The topological polar surface area (TPSA) is 81.1 Å². The molecule has 0 atom stereocenters. The highest BCUT2D eigenvalue weighted by Gasteiger charge is 2.08. The number of fused-ring (bicyclic) bond motifs is 1. The molecule has 94 valence electrons. The second-order valence-electron chi connectivity index (χ2n) is 4.23. The molecule has 0 unspecified atom stereocenters. The minimum absolute atomic E-state index is 0.254. The average Bonchev–Trinajstić information content (AvgIpc) is 2.82. The summed E-state index contributed by atoms with van der Waals surface area (Å²) in [6, 6.07) is 12.3. The van der Waals surface area contributed by atoms with E-state index < -0.39 is 5.97 Å². The number of hydrogen-bond donors (Lipinski definition) is 2. The van der Waals surface area contributed by atoms with Crippen LogP contribution in [0.2, 0.25) is 0 Å². The van der Waals surface area contributed by atoms with E-state index in [1.165, 1.54) is 0 Å². The van der Waals surface area contributed by atoms with E-state index in [1.807, 2.05) is 12.1 Å². The molecule has 3 aromatic rings. The molecule has 5 nitrogen and oxygen atoms in total. The summed E-state index contributed by atoms with van der Waals surface area (Å²) in [5.74, 6) is -0.942. The number of aromatic nitrogens is 2. The Morgan fingerprint density at radius 2 is 1.89 bits per heavy atom. The maximum atomic E-state index is 10.9. The van der Waals surface area contributed by atoms with E-state index >= 15 is 0 Å². The first-order valence-corrected chi connectivity index (χ1v) is 5.72. The summed E-state index contributed by atoms with van der Waals surface area (Å²) in [5.41, 5.74) is 8.33. The summed E-state index contributed by atoms with van der Waals surface area (Å²) < 4.78 is 1.75. The minimum atomic E-state index is -0.942. The first-order chi connectivity index (χ1) is 9.15. The Morgan fingerprint density at radius 1 is 1.16 bits per heavy atom. The van der Waals surface area contributed by atoms with E-state index in [0.29, 0.717) is 5.69 Å². The average molecular weight is 253 g/mol. The van der Waals surface area contributed by atoms with Gasteiger partial charge in [0.2, 0.25) is 0 Å². The van der Waals surface area contributed by atoms with E-state index in [2.05, 4.69) is 5.10 Å². The van der Waals surface area contributed by atoms with Crippen molar-refractivity contribution in [2.45, 2.75) is 0 Å². The fraction of sp³-hybridized carbons (Fsp3) is 0. The standard InChI is InChI=1S/C14H11N3O2/c15-11-2-4-12(5-3-11)17-13-6-1-9(14(18)19)7-10(13)8-16-17/h1-8H,15H2,(H,18,19). The van der Waals surface area contributed by atoms with E-state index in [0.717, 1.165) is 16.6 Å². The van der Waals surface area contributed by atoms with Crippen LogP contribution < -0.4 is 5.73 Å². The molecule has 19 heavy (non-hydrogen) atoms. The van der Waals surface area contributed by atoms with Gasteiger partial charge in [0.1, 0.15) is 0 Å². The summed E-state index contributed by atoms with van der Waals surface area (Å²) in [6.45, 7) is 0. The van der Waals surface area contributed by atoms with Gasteiger partial charge in [0.05, 0.1) is 23.0 Å². The van der Waals surface area contributed by atoms with Gasteiger partial charge >= 0.3 is 5.97 Å². The summed E-state index contributed by atoms with van der Waals surface area (Å²) >= 11 is 0. The summed E-state index contributed by atoms with van der Waals surface area (Å²) in [4.78, 5) is 10.9. The molecular formula is C14H11N3O2. The smallest absolute Gasteiger partial charge is 0.335 e. The Morgan fingerprint density at radius 3 is 2.58 bits per heavy atom. The number of carbonyl (C=O) groups is 1. The maximum absolute atomic E-state index is 10.9. The van der Waals surface area contributed by atoms with Crippen LogP contribution in [0.25, 0.3) is 16.6 Å². The van der Waals surface area contributed by atoms with Gasteiger partial charge in [-0.05, 0) is 42.5 Å². The number of aromatic carboxylic acids is 1. The van der Waals surface area contributed by atoms with Crippen molar-refractivity contribution < 1.29 is 9.90 Å². The SMILES string of the molecule is Nc1ccc(-n2ncc3cc(C(=O)O)ccc32)cc1. The van der Waals surface area contributed by atoms with E-state index in [1.54, 1.807) is 41.2 Å². The zero-order valence-electron chi connectivity index (χ0n) is 9.95. The van der Waals surface area contributed by atoms with Crippen molar-refractivity contribution in [3.63, 3.8) is 0 Å². The molecule has 3 rings (SSSR count). The van der Waals surface area contributed by atoms with E-state index in [-0.39, 0.29) is 5.56 Å². The van der Waals surface area contributed by atoms with Crippen LogP contribution in [0.5, 0.6) is 0 Å². The van der Waals surface area contributed by atoms with Crippen LogP contribution in [0.15, 0.2) is 48.7 Å². The number of carboxylic acids is 1. The van der Waals surface area contributed by atoms with Gasteiger partial charge in [-0.2, -0.15) is 5.10 Å². The Balaban J connectivity index is 2.15. The van der Waals surface area contributed by atoms with Gasteiger partial charge < -0.3 is 10.8 Å². The lowest BCUT2D eigenvalue weighted by molar-refractivity contribution is 0.0697. The molecule has 0 saturated carbocycles. The van der Waals surface area contributed by atoms with Gasteiger partial charge in [0, 0.05) is 11.1 Å². The molecule has 0 aliphatic carbocycles. The second-order valence-corrected chi connectivity index (χ2v) is 4.23. The van der Waals surface area contributed by atoms with Crippen LogP contribution in [0.4, 0.5) is 5.69 Å². The maximum Gasteiger partial charge on any atom is 0.335 e. The molecule has 1 aromatic heterocycles. The third-order valence-corrected chi connectivity index (χ3v) is 2.95. The first-order valence-electron chi connectivity index (χ1n) is 5.72. The predicted octanol–water partition coefficient (Wildman–Crippen LogP) is 2.31. The molecule has 1 heterocycles. The van der Waals surface area contributed by atoms with Crippen molar-refractivity contribution in [2.75, 3.05) is 5.73 Å².